The molecule has 114 valence electrons. The van der Waals surface area contributed by atoms with Crippen LogP contribution < -0.4 is 16.8 Å². The van der Waals surface area contributed by atoms with Gasteiger partial charge in [0.25, 0.3) is 0 Å². The number of piperidine rings is 1. The standard InChI is InChI=1S/C13H25N5O2/c14-10-1-7-18(8-2-10)11-3-5-17(9-11)6-4-12(19)16-13(15)20/h10-11H,1-9,14H2,(H3,15,16,19,20). The van der Waals surface area contributed by atoms with Crippen LogP contribution in [-0.4, -0.2) is 66.5 Å². The number of rotatable bonds is 4. The van der Waals surface area contributed by atoms with Gasteiger partial charge in [-0.1, -0.05) is 0 Å². The summed E-state index contributed by atoms with van der Waals surface area (Å²) in [4.78, 5) is 26.7. The zero-order valence-electron chi connectivity index (χ0n) is 11.9. The highest BCUT2D eigenvalue weighted by Crippen LogP contribution is 2.19. The Labute approximate surface area is 119 Å². The number of primary amides is 1. The van der Waals surface area contributed by atoms with Gasteiger partial charge in [0.1, 0.15) is 0 Å². The zero-order valence-corrected chi connectivity index (χ0v) is 11.9. The SMILES string of the molecule is NC(=O)NC(=O)CCN1CCC(N2CCC(N)CC2)C1. The summed E-state index contributed by atoms with van der Waals surface area (Å²) in [6.45, 7) is 4.86. The van der Waals surface area contributed by atoms with E-state index in [1.807, 2.05) is 0 Å². The van der Waals surface area contributed by atoms with Gasteiger partial charge in [-0.15, -0.1) is 0 Å². The highest BCUT2D eigenvalue weighted by Gasteiger charge is 2.29. The second-order valence-electron chi connectivity index (χ2n) is 5.78. The van der Waals surface area contributed by atoms with Gasteiger partial charge in [0.2, 0.25) is 5.91 Å². The Hall–Kier alpha value is -1.18. The number of urea groups is 1. The third-order valence-electron chi connectivity index (χ3n) is 4.26. The molecule has 0 aliphatic carbocycles. The second-order valence-corrected chi connectivity index (χ2v) is 5.78. The van der Waals surface area contributed by atoms with Crippen molar-refractivity contribution >= 4 is 11.9 Å². The smallest absolute Gasteiger partial charge is 0.318 e. The Kier molecular flexibility index (Phi) is 5.33. The maximum atomic E-state index is 11.4. The molecule has 0 spiro atoms. The molecule has 20 heavy (non-hydrogen) atoms. The van der Waals surface area contributed by atoms with E-state index >= 15 is 0 Å². The molecule has 3 amide bonds. The van der Waals surface area contributed by atoms with E-state index in [2.05, 4.69) is 15.1 Å². The van der Waals surface area contributed by atoms with Crippen molar-refractivity contribution in [1.82, 2.24) is 15.1 Å². The van der Waals surface area contributed by atoms with Gasteiger partial charge in [-0.2, -0.15) is 0 Å². The number of nitrogens with two attached hydrogens (primary N) is 2. The molecule has 0 bridgehead atoms. The number of imide groups is 1. The van der Waals surface area contributed by atoms with Gasteiger partial charge in [0, 0.05) is 31.6 Å². The topological polar surface area (TPSA) is 105 Å². The van der Waals surface area contributed by atoms with Gasteiger partial charge in [0.15, 0.2) is 0 Å². The second kappa shape index (κ2) is 7.01. The molecule has 0 aromatic rings. The molecule has 2 rings (SSSR count). The van der Waals surface area contributed by atoms with Crippen molar-refractivity contribution in [2.24, 2.45) is 11.5 Å². The number of carbonyl (C=O) groups is 2. The lowest BCUT2D eigenvalue weighted by molar-refractivity contribution is -0.120. The summed E-state index contributed by atoms with van der Waals surface area (Å²) in [5.41, 5.74) is 10.8. The van der Waals surface area contributed by atoms with Gasteiger partial charge >= 0.3 is 6.03 Å². The predicted octanol–water partition coefficient (Wildman–Crippen LogP) is -0.931. The molecule has 2 aliphatic heterocycles. The van der Waals surface area contributed by atoms with Gasteiger partial charge < -0.3 is 16.4 Å². The number of amides is 3. The van der Waals surface area contributed by atoms with Gasteiger partial charge in [0.05, 0.1) is 0 Å². The van der Waals surface area contributed by atoms with E-state index in [1.165, 1.54) is 0 Å². The summed E-state index contributed by atoms with van der Waals surface area (Å²) >= 11 is 0. The zero-order chi connectivity index (χ0) is 14.5. The van der Waals surface area contributed by atoms with E-state index in [0.29, 0.717) is 25.0 Å². The number of hydrogen-bond acceptors (Lipinski definition) is 5. The Morgan fingerprint density at radius 3 is 2.50 bits per heavy atom. The molecule has 2 aliphatic rings. The molecule has 0 aromatic carbocycles. The van der Waals surface area contributed by atoms with Crippen molar-refractivity contribution < 1.29 is 9.59 Å². The van der Waals surface area contributed by atoms with Crippen LogP contribution in [-0.2, 0) is 4.79 Å². The molecule has 2 fully saturated rings. The van der Waals surface area contributed by atoms with Crippen LogP contribution in [0.5, 0.6) is 0 Å². The maximum absolute atomic E-state index is 11.4. The largest absolute Gasteiger partial charge is 0.351 e. The number of nitrogens with zero attached hydrogens (tertiary/aromatic N) is 2. The summed E-state index contributed by atoms with van der Waals surface area (Å²) in [7, 11) is 0. The third kappa shape index (κ3) is 4.43. The van der Waals surface area contributed by atoms with Crippen molar-refractivity contribution in [3.8, 4) is 0 Å². The Bertz CT molecular complexity index is 355. The van der Waals surface area contributed by atoms with Crippen molar-refractivity contribution in [3.63, 3.8) is 0 Å². The van der Waals surface area contributed by atoms with Crippen LogP contribution in [0, 0.1) is 0 Å². The van der Waals surface area contributed by atoms with E-state index in [1.54, 1.807) is 0 Å². The first-order chi connectivity index (χ1) is 9.54. The molecule has 1 atom stereocenters. The summed E-state index contributed by atoms with van der Waals surface area (Å²) in [5.74, 6) is -0.301. The first-order valence-electron chi connectivity index (χ1n) is 7.36. The molecule has 2 saturated heterocycles. The van der Waals surface area contributed by atoms with Gasteiger partial charge in [-0.25, -0.2) is 4.79 Å². The van der Waals surface area contributed by atoms with Gasteiger partial charge in [-0.05, 0) is 38.9 Å². The summed E-state index contributed by atoms with van der Waals surface area (Å²) in [5, 5.41) is 2.10. The summed E-state index contributed by atoms with van der Waals surface area (Å²) in [6.07, 6.45) is 3.63. The van der Waals surface area contributed by atoms with E-state index in [-0.39, 0.29) is 5.91 Å². The first kappa shape index (κ1) is 15.2. The lowest BCUT2D eigenvalue weighted by Crippen LogP contribution is -2.46. The Balaban J connectivity index is 1.67. The summed E-state index contributed by atoms with van der Waals surface area (Å²) < 4.78 is 0. The number of likely N-dealkylation sites (tertiary alicyclic amines) is 2. The normalized spacial score (nSPS) is 25.8. The van der Waals surface area contributed by atoms with Crippen LogP contribution in [0.3, 0.4) is 0 Å². The predicted molar refractivity (Wildman–Crippen MR) is 76.0 cm³/mol. The number of carbonyl (C=O) groups excluding carboxylic acids is 2. The van der Waals surface area contributed by atoms with Crippen LogP contribution in [0.4, 0.5) is 4.79 Å². The van der Waals surface area contributed by atoms with Crippen molar-refractivity contribution in [2.45, 2.75) is 37.8 Å². The van der Waals surface area contributed by atoms with E-state index in [0.717, 1.165) is 45.4 Å². The molecule has 1 unspecified atom stereocenters. The fourth-order valence-electron chi connectivity index (χ4n) is 3.06. The molecule has 7 heteroatoms. The lowest BCUT2D eigenvalue weighted by Gasteiger charge is -2.34. The minimum atomic E-state index is -0.779. The van der Waals surface area contributed by atoms with Crippen molar-refractivity contribution in [2.75, 3.05) is 32.7 Å². The summed E-state index contributed by atoms with van der Waals surface area (Å²) in [6, 6.07) is 0.168. The van der Waals surface area contributed by atoms with Crippen molar-refractivity contribution in [3.05, 3.63) is 0 Å². The average molecular weight is 283 g/mol. The Morgan fingerprint density at radius 1 is 1.15 bits per heavy atom. The molecule has 7 nitrogen and oxygen atoms in total. The fraction of sp³-hybridized carbons (Fsp3) is 0.846. The minimum Gasteiger partial charge on any atom is -0.351 e. The molecule has 2 heterocycles. The van der Waals surface area contributed by atoms with Gasteiger partial charge in [-0.3, -0.25) is 15.0 Å². The molecule has 0 aromatic heterocycles. The number of hydrogen-bond donors (Lipinski definition) is 3. The minimum absolute atomic E-state index is 0.301. The lowest BCUT2D eigenvalue weighted by atomic mass is 10.0. The van der Waals surface area contributed by atoms with Crippen LogP contribution >= 0.6 is 0 Å². The fourth-order valence-corrected chi connectivity index (χ4v) is 3.06. The van der Waals surface area contributed by atoms with Crippen LogP contribution in [0.1, 0.15) is 25.7 Å². The van der Waals surface area contributed by atoms with E-state index in [9.17, 15) is 9.59 Å². The maximum Gasteiger partial charge on any atom is 0.318 e. The van der Waals surface area contributed by atoms with E-state index < -0.39 is 6.03 Å². The van der Waals surface area contributed by atoms with Crippen LogP contribution in [0.15, 0.2) is 0 Å². The molecular weight excluding hydrogens is 258 g/mol. The van der Waals surface area contributed by atoms with E-state index in [4.69, 9.17) is 11.5 Å². The molecular formula is C13H25N5O2. The third-order valence-corrected chi connectivity index (χ3v) is 4.26. The highest BCUT2D eigenvalue weighted by molar-refractivity contribution is 5.93. The molecule has 0 saturated carbocycles. The molecule has 0 radical (unpaired) electrons. The quantitative estimate of drug-likeness (QED) is 0.618. The van der Waals surface area contributed by atoms with Crippen molar-refractivity contribution in [1.29, 1.82) is 0 Å². The Morgan fingerprint density at radius 2 is 1.85 bits per heavy atom. The molecule has 5 N–H and O–H groups in total. The monoisotopic (exact) mass is 283 g/mol. The highest BCUT2D eigenvalue weighted by atomic mass is 16.2. The average Bonchev–Trinajstić information content (AvgIpc) is 2.85. The van der Waals surface area contributed by atoms with Crippen LogP contribution in [0.2, 0.25) is 0 Å². The number of nitrogens with one attached hydrogen (secondary N) is 1. The first-order valence-corrected chi connectivity index (χ1v) is 7.36. The van der Waals surface area contributed by atoms with Crippen LogP contribution in [0.25, 0.3) is 0 Å².